The normalized spacial score (nSPS) is 11.5. The van der Waals surface area contributed by atoms with Crippen LogP contribution in [-0.4, -0.2) is 38.2 Å². The molecule has 0 saturated heterocycles. The Morgan fingerprint density at radius 3 is 2.52 bits per heavy atom. The van der Waals surface area contributed by atoms with Gasteiger partial charge in [-0.1, -0.05) is 24.3 Å². The smallest absolute Gasteiger partial charge is 0.251 e. The van der Waals surface area contributed by atoms with Crippen molar-refractivity contribution in [1.82, 2.24) is 5.32 Å². The zero-order chi connectivity index (χ0) is 19.6. The number of carbonyl (C=O) groups excluding carboxylic acids is 2. The number of methoxy groups -OCH3 is 1. The Balaban J connectivity index is 1.92. The summed E-state index contributed by atoms with van der Waals surface area (Å²) in [6.07, 6.45) is 0.157. The molecule has 1 atom stereocenters. The molecule has 27 heavy (non-hydrogen) atoms. The molecule has 0 heterocycles. The first-order valence-corrected chi connectivity index (χ1v) is 8.87. The van der Waals surface area contributed by atoms with Crippen molar-refractivity contribution in [3.63, 3.8) is 0 Å². The average molecular weight is 370 g/mol. The van der Waals surface area contributed by atoms with E-state index in [0.29, 0.717) is 30.2 Å². The Labute approximate surface area is 159 Å². The minimum atomic E-state index is -0.305. The van der Waals surface area contributed by atoms with E-state index in [4.69, 9.17) is 9.47 Å². The summed E-state index contributed by atoms with van der Waals surface area (Å²) in [7, 11) is 1.60. The van der Waals surface area contributed by atoms with Crippen molar-refractivity contribution >= 4 is 17.5 Å². The van der Waals surface area contributed by atoms with Crippen molar-refractivity contribution in [3.8, 4) is 5.75 Å². The number of rotatable bonds is 9. The molecule has 1 unspecified atom stereocenters. The monoisotopic (exact) mass is 370 g/mol. The highest BCUT2D eigenvalue weighted by molar-refractivity contribution is 5.96. The molecule has 0 fully saturated rings. The molecule has 2 aromatic carbocycles. The molecule has 2 aromatic rings. The Hall–Kier alpha value is -2.86. The van der Waals surface area contributed by atoms with Crippen LogP contribution in [0.3, 0.4) is 0 Å². The summed E-state index contributed by atoms with van der Waals surface area (Å²) >= 11 is 0. The summed E-state index contributed by atoms with van der Waals surface area (Å²) in [5.41, 5.74) is 2.20. The maximum Gasteiger partial charge on any atom is 0.251 e. The molecule has 2 amide bonds. The quantitative estimate of drug-likeness (QED) is 0.665. The molecule has 0 aliphatic heterocycles. The van der Waals surface area contributed by atoms with Gasteiger partial charge in [0.25, 0.3) is 5.91 Å². The summed E-state index contributed by atoms with van der Waals surface area (Å²) in [6, 6.07) is 14.2. The Morgan fingerprint density at radius 2 is 1.81 bits per heavy atom. The van der Waals surface area contributed by atoms with E-state index in [-0.39, 0.29) is 24.3 Å². The van der Waals surface area contributed by atoms with Crippen molar-refractivity contribution in [2.75, 3.05) is 25.6 Å². The van der Waals surface area contributed by atoms with Crippen molar-refractivity contribution in [2.24, 2.45) is 0 Å². The molecular formula is C21H26N2O4. The van der Waals surface area contributed by atoms with E-state index in [1.165, 1.54) is 0 Å². The Bertz CT molecular complexity index is 762. The fourth-order valence-electron chi connectivity index (χ4n) is 2.51. The van der Waals surface area contributed by atoms with Gasteiger partial charge in [0, 0.05) is 25.1 Å². The van der Waals surface area contributed by atoms with Gasteiger partial charge in [-0.25, -0.2) is 0 Å². The number of carbonyl (C=O) groups is 2. The molecule has 0 bridgehead atoms. The van der Waals surface area contributed by atoms with Crippen LogP contribution in [0.15, 0.2) is 48.5 Å². The lowest BCUT2D eigenvalue weighted by molar-refractivity contribution is -0.116. The van der Waals surface area contributed by atoms with Crippen molar-refractivity contribution in [2.45, 2.75) is 26.3 Å². The number of hydrogen-bond donors (Lipinski definition) is 2. The van der Waals surface area contributed by atoms with Gasteiger partial charge in [0.1, 0.15) is 12.4 Å². The van der Waals surface area contributed by atoms with Crippen LogP contribution < -0.4 is 15.4 Å². The van der Waals surface area contributed by atoms with Crippen LogP contribution in [-0.2, 0) is 9.53 Å². The van der Waals surface area contributed by atoms with Gasteiger partial charge >= 0.3 is 0 Å². The molecule has 144 valence electrons. The zero-order valence-corrected chi connectivity index (χ0v) is 16.0. The van der Waals surface area contributed by atoms with Gasteiger partial charge in [-0.05, 0) is 43.7 Å². The predicted octanol–water partition coefficient (Wildman–Crippen LogP) is 3.17. The average Bonchev–Trinajstić information content (AvgIpc) is 2.64. The fraction of sp³-hybridized carbons (Fsp3) is 0.333. The van der Waals surface area contributed by atoms with Gasteiger partial charge in [0.2, 0.25) is 5.91 Å². The number of amides is 2. The number of nitrogens with one attached hydrogen (secondary N) is 2. The second-order valence-electron chi connectivity index (χ2n) is 6.33. The topological polar surface area (TPSA) is 76.7 Å². The maximum atomic E-state index is 12.4. The van der Waals surface area contributed by atoms with E-state index >= 15 is 0 Å². The van der Waals surface area contributed by atoms with E-state index in [2.05, 4.69) is 10.6 Å². The highest BCUT2D eigenvalue weighted by Gasteiger charge is 2.15. The number of benzene rings is 2. The van der Waals surface area contributed by atoms with Gasteiger partial charge in [-0.15, -0.1) is 0 Å². The van der Waals surface area contributed by atoms with Gasteiger partial charge in [0.15, 0.2) is 0 Å². The van der Waals surface area contributed by atoms with Crippen LogP contribution in [0.1, 0.15) is 29.3 Å². The predicted molar refractivity (Wildman–Crippen MR) is 105 cm³/mol. The first-order valence-electron chi connectivity index (χ1n) is 8.87. The van der Waals surface area contributed by atoms with Gasteiger partial charge in [0.05, 0.1) is 12.3 Å². The van der Waals surface area contributed by atoms with Gasteiger partial charge < -0.3 is 20.1 Å². The van der Waals surface area contributed by atoms with Crippen LogP contribution in [0.4, 0.5) is 5.69 Å². The summed E-state index contributed by atoms with van der Waals surface area (Å²) in [5.74, 6) is 0.201. The Morgan fingerprint density at radius 1 is 1.07 bits per heavy atom. The van der Waals surface area contributed by atoms with Crippen LogP contribution >= 0.6 is 0 Å². The van der Waals surface area contributed by atoms with E-state index in [0.717, 1.165) is 5.56 Å². The van der Waals surface area contributed by atoms with E-state index < -0.39 is 0 Å². The highest BCUT2D eigenvalue weighted by atomic mass is 16.5. The minimum absolute atomic E-state index is 0.157. The standard InChI is InChI=1S/C21H26N2O4/c1-15-9-10-18(19(13-15)27-12-11-26-3)23-20(24)14-16(2)22-21(25)17-7-5-4-6-8-17/h4-10,13,16H,11-12,14H2,1-3H3,(H,22,25)(H,23,24). The first-order chi connectivity index (χ1) is 13.0. The van der Waals surface area contributed by atoms with Crippen molar-refractivity contribution in [1.29, 1.82) is 0 Å². The molecule has 2 rings (SSSR count). The summed E-state index contributed by atoms with van der Waals surface area (Å²) < 4.78 is 10.7. The molecule has 0 spiro atoms. The lowest BCUT2D eigenvalue weighted by Crippen LogP contribution is -2.35. The van der Waals surface area contributed by atoms with Crippen LogP contribution in [0.25, 0.3) is 0 Å². The summed E-state index contributed by atoms with van der Waals surface area (Å²) in [5, 5.41) is 5.68. The van der Waals surface area contributed by atoms with E-state index in [9.17, 15) is 9.59 Å². The lowest BCUT2D eigenvalue weighted by Gasteiger charge is -2.16. The van der Waals surface area contributed by atoms with Crippen molar-refractivity contribution < 1.29 is 19.1 Å². The molecule has 6 nitrogen and oxygen atoms in total. The third kappa shape index (κ3) is 6.75. The minimum Gasteiger partial charge on any atom is -0.489 e. The molecule has 6 heteroatoms. The summed E-state index contributed by atoms with van der Waals surface area (Å²) in [4.78, 5) is 24.5. The second-order valence-corrected chi connectivity index (χ2v) is 6.33. The van der Waals surface area contributed by atoms with Crippen LogP contribution in [0.5, 0.6) is 5.75 Å². The third-order valence-electron chi connectivity index (χ3n) is 3.86. The SMILES string of the molecule is COCCOc1cc(C)ccc1NC(=O)CC(C)NC(=O)c1ccccc1. The number of hydrogen-bond acceptors (Lipinski definition) is 4. The Kier molecular flexibility index (Phi) is 7.82. The lowest BCUT2D eigenvalue weighted by atomic mass is 10.1. The second kappa shape index (κ2) is 10.3. The fourth-order valence-corrected chi connectivity index (χ4v) is 2.51. The third-order valence-corrected chi connectivity index (χ3v) is 3.86. The molecule has 0 saturated carbocycles. The number of anilines is 1. The largest absolute Gasteiger partial charge is 0.489 e. The summed E-state index contributed by atoms with van der Waals surface area (Å²) in [6.45, 7) is 4.61. The number of aryl methyl sites for hydroxylation is 1. The molecular weight excluding hydrogens is 344 g/mol. The molecule has 0 radical (unpaired) electrons. The van der Waals surface area contributed by atoms with Crippen molar-refractivity contribution in [3.05, 3.63) is 59.7 Å². The first kappa shape index (κ1) is 20.5. The van der Waals surface area contributed by atoms with E-state index in [1.54, 1.807) is 38.3 Å². The highest BCUT2D eigenvalue weighted by Crippen LogP contribution is 2.26. The molecule has 0 aromatic heterocycles. The van der Waals surface area contributed by atoms with Gasteiger partial charge in [-0.3, -0.25) is 9.59 Å². The molecule has 0 aliphatic carbocycles. The zero-order valence-electron chi connectivity index (χ0n) is 16.0. The maximum absolute atomic E-state index is 12.4. The van der Waals surface area contributed by atoms with Crippen LogP contribution in [0.2, 0.25) is 0 Å². The molecule has 2 N–H and O–H groups in total. The molecule has 0 aliphatic rings. The number of ether oxygens (including phenoxy) is 2. The van der Waals surface area contributed by atoms with E-state index in [1.807, 2.05) is 31.2 Å². The van der Waals surface area contributed by atoms with Gasteiger partial charge in [-0.2, -0.15) is 0 Å². The van der Waals surface area contributed by atoms with Crippen LogP contribution in [0, 0.1) is 6.92 Å².